The molecular weight excluding hydrogens is 212 g/mol. The Morgan fingerprint density at radius 1 is 1.29 bits per heavy atom. The summed E-state index contributed by atoms with van der Waals surface area (Å²) in [6.07, 6.45) is 4.91. The van der Waals surface area contributed by atoms with Gasteiger partial charge in [-0.15, -0.1) is 0 Å². The van der Waals surface area contributed by atoms with Crippen LogP contribution >= 0.6 is 0 Å². The molecule has 17 heavy (non-hydrogen) atoms. The third-order valence-electron chi connectivity index (χ3n) is 3.42. The molecule has 92 valence electrons. The molecule has 2 rings (SSSR count). The van der Waals surface area contributed by atoms with Crippen LogP contribution in [0.2, 0.25) is 0 Å². The smallest absolute Gasteiger partial charge is 0.136 e. The van der Waals surface area contributed by atoms with E-state index in [9.17, 15) is 4.79 Å². The van der Waals surface area contributed by atoms with Crippen LogP contribution < -0.4 is 4.74 Å². The van der Waals surface area contributed by atoms with Gasteiger partial charge in [-0.3, -0.25) is 4.79 Å². The van der Waals surface area contributed by atoms with E-state index in [2.05, 4.69) is 6.07 Å². The zero-order chi connectivity index (χ0) is 12.1. The summed E-state index contributed by atoms with van der Waals surface area (Å²) in [7, 11) is 0. The highest BCUT2D eigenvalue weighted by atomic mass is 16.5. The van der Waals surface area contributed by atoms with Crippen molar-refractivity contribution in [2.24, 2.45) is 5.92 Å². The van der Waals surface area contributed by atoms with Crippen molar-refractivity contribution in [2.75, 3.05) is 6.61 Å². The molecule has 0 saturated heterocycles. The van der Waals surface area contributed by atoms with Gasteiger partial charge < -0.3 is 4.74 Å². The average Bonchev–Trinajstić information content (AvgIpc) is 2.35. The largest absolute Gasteiger partial charge is 0.494 e. The van der Waals surface area contributed by atoms with Crippen molar-refractivity contribution in [2.45, 2.75) is 39.0 Å². The Kier molecular flexibility index (Phi) is 4.18. The highest BCUT2D eigenvalue weighted by molar-refractivity contribution is 5.82. The third-order valence-corrected chi connectivity index (χ3v) is 3.42. The third kappa shape index (κ3) is 3.09. The Labute approximate surface area is 103 Å². The fourth-order valence-electron chi connectivity index (χ4n) is 2.51. The molecule has 1 unspecified atom stereocenters. The van der Waals surface area contributed by atoms with Crippen LogP contribution in [0.25, 0.3) is 0 Å². The van der Waals surface area contributed by atoms with Crippen LogP contribution in [0.5, 0.6) is 5.75 Å². The summed E-state index contributed by atoms with van der Waals surface area (Å²) in [5, 5.41) is 0. The molecule has 2 heteroatoms. The van der Waals surface area contributed by atoms with Crippen molar-refractivity contribution in [1.29, 1.82) is 0 Å². The van der Waals surface area contributed by atoms with E-state index < -0.39 is 0 Å². The fourth-order valence-corrected chi connectivity index (χ4v) is 2.51. The maximum absolute atomic E-state index is 11.8. The van der Waals surface area contributed by atoms with Crippen molar-refractivity contribution in [3.05, 3.63) is 29.8 Å². The number of hydrogen-bond donors (Lipinski definition) is 0. The van der Waals surface area contributed by atoms with E-state index in [4.69, 9.17) is 4.74 Å². The molecule has 2 nitrogen and oxygen atoms in total. The molecule has 0 N–H and O–H groups in total. The number of ether oxygens (including phenoxy) is 1. The zero-order valence-electron chi connectivity index (χ0n) is 10.4. The topological polar surface area (TPSA) is 26.3 Å². The van der Waals surface area contributed by atoms with Gasteiger partial charge in [0.15, 0.2) is 0 Å². The van der Waals surface area contributed by atoms with Crippen LogP contribution in [0.4, 0.5) is 0 Å². The van der Waals surface area contributed by atoms with E-state index in [0.29, 0.717) is 12.4 Å². The summed E-state index contributed by atoms with van der Waals surface area (Å²) in [4.78, 5) is 11.8. The van der Waals surface area contributed by atoms with Gasteiger partial charge in [0.2, 0.25) is 0 Å². The van der Waals surface area contributed by atoms with Crippen LogP contribution in [-0.4, -0.2) is 12.4 Å². The molecule has 1 aliphatic carbocycles. The Bertz CT molecular complexity index is 384. The number of carbonyl (C=O) groups excluding carboxylic acids is 1. The first kappa shape index (κ1) is 12.2. The van der Waals surface area contributed by atoms with Gasteiger partial charge in [0.25, 0.3) is 0 Å². The minimum Gasteiger partial charge on any atom is -0.494 e. The molecule has 0 aromatic heterocycles. The number of benzene rings is 1. The average molecular weight is 232 g/mol. The van der Waals surface area contributed by atoms with Crippen LogP contribution in [0.15, 0.2) is 24.3 Å². The molecule has 1 saturated carbocycles. The first-order valence-corrected chi connectivity index (χ1v) is 6.54. The normalized spacial score (nSPS) is 20.3. The van der Waals surface area contributed by atoms with E-state index in [1.807, 2.05) is 25.1 Å². The quantitative estimate of drug-likeness (QED) is 0.795. The summed E-state index contributed by atoms with van der Waals surface area (Å²) >= 11 is 0. The summed E-state index contributed by atoms with van der Waals surface area (Å²) < 4.78 is 5.60. The van der Waals surface area contributed by atoms with E-state index in [1.165, 1.54) is 12.0 Å². The van der Waals surface area contributed by atoms with Crippen LogP contribution in [0.3, 0.4) is 0 Å². The zero-order valence-corrected chi connectivity index (χ0v) is 10.4. The van der Waals surface area contributed by atoms with Gasteiger partial charge in [-0.1, -0.05) is 24.6 Å². The molecule has 0 amide bonds. The second-order valence-electron chi connectivity index (χ2n) is 4.65. The SMILES string of the molecule is CCOc1ccccc1CC1CCCCC1=O. The molecule has 0 bridgehead atoms. The summed E-state index contributed by atoms with van der Waals surface area (Å²) in [5.74, 6) is 1.58. The molecule has 0 spiro atoms. The molecule has 0 aliphatic heterocycles. The molecule has 0 heterocycles. The highest BCUT2D eigenvalue weighted by Gasteiger charge is 2.23. The first-order chi connectivity index (χ1) is 8.31. The van der Waals surface area contributed by atoms with Gasteiger partial charge in [-0.05, 0) is 37.8 Å². The molecule has 0 radical (unpaired) electrons. The van der Waals surface area contributed by atoms with Crippen LogP contribution in [-0.2, 0) is 11.2 Å². The van der Waals surface area contributed by atoms with Crippen LogP contribution in [0, 0.1) is 5.92 Å². The van der Waals surface area contributed by atoms with Gasteiger partial charge in [0.05, 0.1) is 6.61 Å². The number of rotatable bonds is 4. The van der Waals surface area contributed by atoms with Crippen molar-refractivity contribution in [1.82, 2.24) is 0 Å². The van der Waals surface area contributed by atoms with E-state index in [0.717, 1.165) is 31.4 Å². The van der Waals surface area contributed by atoms with Gasteiger partial charge in [0.1, 0.15) is 11.5 Å². The minimum atomic E-state index is 0.213. The predicted octanol–water partition coefficient (Wildman–Crippen LogP) is 3.39. The Morgan fingerprint density at radius 2 is 2.12 bits per heavy atom. The van der Waals surface area contributed by atoms with E-state index >= 15 is 0 Å². The number of ketones is 1. The van der Waals surface area contributed by atoms with Crippen molar-refractivity contribution in [3.8, 4) is 5.75 Å². The Hall–Kier alpha value is -1.31. The molecule has 1 fully saturated rings. The number of Topliss-reactive ketones (excluding diaryl/α,β-unsaturated/α-hetero) is 1. The highest BCUT2D eigenvalue weighted by Crippen LogP contribution is 2.28. The number of carbonyl (C=O) groups is 1. The van der Waals surface area contributed by atoms with E-state index in [-0.39, 0.29) is 5.92 Å². The second kappa shape index (κ2) is 5.85. The summed E-state index contributed by atoms with van der Waals surface area (Å²) in [6.45, 7) is 2.66. The van der Waals surface area contributed by atoms with Gasteiger partial charge in [0, 0.05) is 12.3 Å². The first-order valence-electron chi connectivity index (χ1n) is 6.54. The van der Waals surface area contributed by atoms with Crippen LogP contribution in [0.1, 0.15) is 38.2 Å². The minimum absolute atomic E-state index is 0.213. The fraction of sp³-hybridized carbons (Fsp3) is 0.533. The van der Waals surface area contributed by atoms with E-state index in [1.54, 1.807) is 0 Å². The standard InChI is InChI=1S/C15H20O2/c1-2-17-15-10-6-4-8-13(15)11-12-7-3-5-9-14(12)16/h4,6,8,10,12H,2-3,5,7,9,11H2,1H3. The van der Waals surface area contributed by atoms with Gasteiger partial charge >= 0.3 is 0 Å². The lowest BCUT2D eigenvalue weighted by molar-refractivity contribution is -0.124. The maximum Gasteiger partial charge on any atom is 0.136 e. The van der Waals surface area contributed by atoms with Gasteiger partial charge in [-0.25, -0.2) is 0 Å². The Balaban J connectivity index is 2.09. The lowest BCUT2D eigenvalue weighted by Crippen LogP contribution is -2.21. The summed E-state index contributed by atoms with van der Waals surface area (Å²) in [6, 6.07) is 8.07. The van der Waals surface area contributed by atoms with Gasteiger partial charge in [-0.2, -0.15) is 0 Å². The predicted molar refractivity (Wildman–Crippen MR) is 68.3 cm³/mol. The second-order valence-corrected chi connectivity index (χ2v) is 4.65. The van der Waals surface area contributed by atoms with Crippen molar-refractivity contribution >= 4 is 5.78 Å². The lowest BCUT2D eigenvalue weighted by atomic mass is 9.83. The monoisotopic (exact) mass is 232 g/mol. The van der Waals surface area contributed by atoms with Crippen molar-refractivity contribution in [3.63, 3.8) is 0 Å². The Morgan fingerprint density at radius 3 is 2.88 bits per heavy atom. The molecule has 1 aromatic carbocycles. The molecule has 1 aromatic rings. The number of para-hydroxylation sites is 1. The molecular formula is C15H20O2. The molecule has 1 aliphatic rings. The maximum atomic E-state index is 11.8. The number of hydrogen-bond acceptors (Lipinski definition) is 2. The molecule has 1 atom stereocenters. The lowest BCUT2D eigenvalue weighted by Gasteiger charge is -2.21. The summed E-state index contributed by atoms with van der Waals surface area (Å²) in [5.41, 5.74) is 1.18. The van der Waals surface area contributed by atoms with Crippen molar-refractivity contribution < 1.29 is 9.53 Å².